The maximum Gasteiger partial charge on any atom is 0.322 e. The highest BCUT2D eigenvalue weighted by atomic mass is 16.2. The number of hydrogen-bond acceptors (Lipinski definition) is 2. The molecule has 0 saturated carbocycles. The molecule has 0 aromatic rings. The fourth-order valence-electron chi connectivity index (χ4n) is 2.22. The molecule has 0 radical (unpaired) electrons. The summed E-state index contributed by atoms with van der Waals surface area (Å²) < 4.78 is 0. The van der Waals surface area contributed by atoms with E-state index in [2.05, 4.69) is 10.6 Å². The number of carbonyl (C=O) groups excluding carboxylic acids is 2. The molecule has 3 N–H and O–H groups in total. The van der Waals surface area contributed by atoms with Gasteiger partial charge in [0, 0.05) is 5.54 Å². The lowest BCUT2D eigenvalue weighted by atomic mass is 10.1. The van der Waals surface area contributed by atoms with Crippen molar-refractivity contribution < 1.29 is 14.5 Å². The van der Waals surface area contributed by atoms with Gasteiger partial charge in [0.1, 0.15) is 0 Å². The van der Waals surface area contributed by atoms with Gasteiger partial charge in [-0.1, -0.05) is 0 Å². The third-order valence-electron chi connectivity index (χ3n) is 3.23. The van der Waals surface area contributed by atoms with E-state index in [-0.39, 0.29) is 17.5 Å². The van der Waals surface area contributed by atoms with E-state index < -0.39 is 6.03 Å². The minimum atomic E-state index is -0.407. The van der Waals surface area contributed by atoms with Crippen LogP contribution in [-0.2, 0) is 4.79 Å². The zero-order valence-corrected chi connectivity index (χ0v) is 11.9. The summed E-state index contributed by atoms with van der Waals surface area (Å²) >= 11 is 0. The maximum atomic E-state index is 11.9. The van der Waals surface area contributed by atoms with E-state index in [1.165, 1.54) is 24.2 Å². The number of likely N-dealkylation sites (tertiary alicyclic amines) is 1. The molecule has 5 heteroatoms. The van der Waals surface area contributed by atoms with Crippen molar-refractivity contribution in [3.63, 3.8) is 0 Å². The van der Waals surface area contributed by atoms with Crippen molar-refractivity contribution >= 4 is 11.9 Å². The molecule has 0 aromatic carbocycles. The van der Waals surface area contributed by atoms with Crippen molar-refractivity contribution in [2.24, 2.45) is 0 Å². The summed E-state index contributed by atoms with van der Waals surface area (Å²) in [5.74, 6) is -0.186. The molecule has 5 nitrogen and oxygen atoms in total. The van der Waals surface area contributed by atoms with Crippen LogP contribution in [0.3, 0.4) is 0 Å². The van der Waals surface area contributed by atoms with Gasteiger partial charge in [-0.2, -0.15) is 0 Å². The number of rotatable bonds is 2. The molecule has 0 aromatic heterocycles. The van der Waals surface area contributed by atoms with Crippen molar-refractivity contribution in [1.82, 2.24) is 10.6 Å². The van der Waals surface area contributed by atoms with Gasteiger partial charge in [-0.15, -0.1) is 0 Å². The highest BCUT2D eigenvalue weighted by molar-refractivity contribution is 5.96. The molecular weight excluding hydrogens is 230 g/mol. The Kier molecular flexibility index (Phi) is 5.14. The van der Waals surface area contributed by atoms with Crippen LogP contribution in [0, 0.1) is 0 Å². The molecule has 1 fully saturated rings. The van der Waals surface area contributed by atoms with E-state index >= 15 is 0 Å². The summed E-state index contributed by atoms with van der Waals surface area (Å²) in [5.41, 5.74) is -0.328. The maximum absolute atomic E-state index is 11.9. The Bertz CT molecular complexity index is 304. The van der Waals surface area contributed by atoms with Crippen molar-refractivity contribution in [3.05, 3.63) is 0 Å². The van der Waals surface area contributed by atoms with Crippen LogP contribution in [-0.4, -0.2) is 36.6 Å². The van der Waals surface area contributed by atoms with E-state index in [0.29, 0.717) is 0 Å². The normalized spacial score (nSPS) is 19.1. The lowest BCUT2D eigenvalue weighted by Gasteiger charge is -2.28. The molecule has 1 aliphatic rings. The number of quaternary nitrogens is 1. The standard InChI is InChI=1S/C13H25N3O2/c1-10(16-8-6-5-7-9-16)11(17)14-12(18)15-13(2,3)4/h10H,5-9H2,1-4H3,(H2,14,15,17,18)/p+1/t10-/m1/s1. The second-order valence-corrected chi connectivity index (χ2v) is 6.13. The monoisotopic (exact) mass is 256 g/mol. The summed E-state index contributed by atoms with van der Waals surface area (Å²) in [6.45, 7) is 9.59. The molecule has 104 valence electrons. The molecule has 0 spiro atoms. The first kappa shape index (κ1) is 15.0. The molecule has 18 heavy (non-hydrogen) atoms. The molecule has 0 unspecified atom stereocenters. The number of nitrogens with one attached hydrogen (secondary N) is 3. The fourth-order valence-corrected chi connectivity index (χ4v) is 2.22. The third-order valence-corrected chi connectivity index (χ3v) is 3.23. The summed E-state index contributed by atoms with van der Waals surface area (Å²) in [6.07, 6.45) is 3.59. The minimum Gasteiger partial charge on any atom is -0.333 e. The number of urea groups is 1. The van der Waals surface area contributed by atoms with Gasteiger partial charge in [0.15, 0.2) is 6.04 Å². The van der Waals surface area contributed by atoms with E-state index in [4.69, 9.17) is 0 Å². The molecule has 1 saturated heterocycles. The second kappa shape index (κ2) is 6.18. The summed E-state index contributed by atoms with van der Waals surface area (Å²) in [6, 6.07) is -0.563. The Balaban J connectivity index is 2.41. The van der Waals surface area contributed by atoms with Crippen molar-refractivity contribution in [2.45, 2.75) is 58.5 Å². The number of imide groups is 1. The van der Waals surface area contributed by atoms with E-state index in [1.54, 1.807) is 0 Å². The zero-order valence-electron chi connectivity index (χ0n) is 11.9. The van der Waals surface area contributed by atoms with Gasteiger partial charge in [0.25, 0.3) is 5.91 Å². The first-order valence-corrected chi connectivity index (χ1v) is 6.77. The average molecular weight is 256 g/mol. The van der Waals surface area contributed by atoms with Crippen LogP contribution >= 0.6 is 0 Å². The highest BCUT2D eigenvalue weighted by Crippen LogP contribution is 1.98. The predicted octanol–water partition coefficient (Wildman–Crippen LogP) is 0.0680. The van der Waals surface area contributed by atoms with Gasteiger partial charge in [0.2, 0.25) is 0 Å². The Morgan fingerprint density at radius 3 is 2.17 bits per heavy atom. The molecule has 0 aliphatic carbocycles. The Labute approximate surface area is 109 Å². The van der Waals surface area contributed by atoms with Gasteiger partial charge < -0.3 is 10.2 Å². The largest absolute Gasteiger partial charge is 0.333 e. The summed E-state index contributed by atoms with van der Waals surface area (Å²) in [5, 5.41) is 5.15. The molecular formula is C13H26N3O2+. The van der Waals surface area contributed by atoms with Crippen molar-refractivity contribution in [1.29, 1.82) is 0 Å². The lowest BCUT2D eigenvalue weighted by Crippen LogP contribution is -3.17. The van der Waals surface area contributed by atoms with Gasteiger partial charge in [-0.3, -0.25) is 10.1 Å². The van der Waals surface area contributed by atoms with Crippen molar-refractivity contribution in [2.75, 3.05) is 13.1 Å². The molecule has 1 atom stereocenters. The fraction of sp³-hybridized carbons (Fsp3) is 0.846. The van der Waals surface area contributed by atoms with Crippen LogP contribution in [0.25, 0.3) is 0 Å². The first-order chi connectivity index (χ1) is 8.29. The van der Waals surface area contributed by atoms with Gasteiger partial charge >= 0.3 is 6.03 Å². The third kappa shape index (κ3) is 5.04. The van der Waals surface area contributed by atoms with E-state index in [9.17, 15) is 9.59 Å². The Morgan fingerprint density at radius 1 is 1.11 bits per heavy atom. The molecule has 1 aliphatic heterocycles. The first-order valence-electron chi connectivity index (χ1n) is 6.77. The van der Waals surface area contributed by atoms with Crippen LogP contribution in [0.15, 0.2) is 0 Å². The van der Waals surface area contributed by atoms with Crippen LogP contribution in [0.5, 0.6) is 0 Å². The van der Waals surface area contributed by atoms with Gasteiger partial charge in [-0.25, -0.2) is 4.79 Å². The molecule has 1 rings (SSSR count). The Morgan fingerprint density at radius 2 is 1.67 bits per heavy atom. The van der Waals surface area contributed by atoms with Gasteiger partial charge in [-0.05, 0) is 47.0 Å². The number of amides is 3. The second-order valence-electron chi connectivity index (χ2n) is 6.13. The lowest BCUT2D eigenvalue weighted by molar-refractivity contribution is -0.918. The zero-order chi connectivity index (χ0) is 13.8. The quantitative estimate of drug-likeness (QED) is 0.654. The van der Waals surface area contributed by atoms with Crippen LogP contribution < -0.4 is 15.5 Å². The topological polar surface area (TPSA) is 62.6 Å². The summed E-state index contributed by atoms with van der Waals surface area (Å²) in [7, 11) is 0. The number of piperidine rings is 1. The van der Waals surface area contributed by atoms with E-state index in [1.807, 2.05) is 27.7 Å². The molecule has 1 heterocycles. The Hall–Kier alpha value is -1.10. The van der Waals surface area contributed by atoms with Crippen LogP contribution in [0.2, 0.25) is 0 Å². The summed E-state index contributed by atoms with van der Waals surface area (Å²) in [4.78, 5) is 24.8. The average Bonchev–Trinajstić information content (AvgIpc) is 2.26. The number of hydrogen-bond donors (Lipinski definition) is 3. The van der Waals surface area contributed by atoms with Crippen LogP contribution in [0.4, 0.5) is 4.79 Å². The number of carbonyl (C=O) groups is 2. The van der Waals surface area contributed by atoms with Gasteiger partial charge in [0.05, 0.1) is 13.1 Å². The van der Waals surface area contributed by atoms with Crippen LogP contribution in [0.1, 0.15) is 47.0 Å². The smallest absolute Gasteiger partial charge is 0.322 e. The highest BCUT2D eigenvalue weighted by Gasteiger charge is 2.28. The minimum absolute atomic E-state index is 0.156. The molecule has 0 bridgehead atoms. The predicted molar refractivity (Wildman–Crippen MR) is 70.4 cm³/mol. The SMILES string of the molecule is C[C@H](C(=O)NC(=O)NC(C)(C)C)[NH+]1CCCCC1. The van der Waals surface area contributed by atoms with Crippen molar-refractivity contribution in [3.8, 4) is 0 Å². The van der Waals surface area contributed by atoms with E-state index in [0.717, 1.165) is 13.1 Å². The molecule has 3 amide bonds.